The second-order valence-corrected chi connectivity index (χ2v) is 5.01. The van der Waals surface area contributed by atoms with Gasteiger partial charge in [-0.15, -0.1) is 0 Å². The molecule has 0 spiro atoms. The summed E-state index contributed by atoms with van der Waals surface area (Å²) >= 11 is 0. The van der Waals surface area contributed by atoms with Gasteiger partial charge >= 0.3 is 0 Å². The van der Waals surface area contributed by atoms with Crippen molar-refractivity contribution in [3.05, 3.63) is 0 Å². The van der Waals surface area contributed by atoms with Crippen LogP contribution in [-0.4, -0.2) is 30.4 Å². The summed E-state index contributed by atoms with van der Waals surface area (Å²) in [6, 6.07) is 0. The quantitative estimate of drug-likeness (QED) is 0.748. The molecule has 2 fully saturated rings. The maximum absolute atomic E-state index is 12.1. The first-order valence-corrected chi connectivity index (χ1v) is 6.30. The zero-order valence-electron chi connectivity index (χ0n) is 9.45. The number of carbonyl (C=O) groups is 1. The van der Waals surface area contributed by atoms with Crippen LogP contribution >= 0.6 is 0 Å². The van der Waals surface area contributed by atoms with Crippen LogP contribution in [0.25, 0.3) is 0 Å². The lowest BCUT2D eigenvalue weighted by atomic mass is 9.84. The summed E-state index contributed by atoms with van der Waals surface area (Å²) in [5, 5.41) is 0. The van der Waals surface area contributed by atoms with Crippen LogP contribution in [0.2, 0.25) is 0 Å². The summed E-state index contributed by atoms with van der Waals surface area (Å²) in [4.78, 5) is 14.2. The van der Waals surface area contributed by atoms with Gasteiger partial charge in [-0.05, 0) is 38.1 Å². The molecule has 1 saturated carbocycles. The topological polar surface area (TPSA) is 46.3 Å². The fraction of sp³-hybridized carbons (Fsp3) is 0.917. The molecule has 1 heterocycles. The van der Waals surface area contributed by atoms with Crippen molar-refractivity contribution in [2.24, 2.45) is 17.6 Å². The van der Waals surface area contributed by atoms with Crippen LogP contribution in [0.3, 0.4) is 0 Å². The molecule has 2 aliphatic rings. The van der Waals surface area contributed by atoms with E-state index in [-0.39, 0.29) is 0 Å². The van der Waals surface area contributed by atoms with Gasteiger partial charge in [-0.3, -0.25) is 4.79 Å². The fourth-order valence-corrected chi connectivity index (χ4v) is 2.54. The summed E-state index contributed by atoms with van der Waals surface area (Å²) in [7, 11) is 0. The van der Waals surface area contributed by atoms with Crippen LogP contribution in [0.4, 0.5) is 0 Å². The first kappa shape index (κ1) is 10.9. The summed E-state index contributed by atoms with van der Waals surface area (Å²) in [6.45, 7) is 2.60. The van der Waals surface area contributed by atoms with Crippen molar-refractivity contribution in [1.29, 1.82) is 0 Å². The number of hydrogen-bond donors (Lipinski definition) is 1. The molecular weight excluding hydrogens is 188 g/mol. The molecule has 3 nitrogen and oxygen atoms in total. The van der Waals surface area contributed by atoms with E-state index in [2.05, 4.69) is 4.90 Å². The molecular formula is C12H22N2O. The van der Waals surface area contributed by atoms with Gasteiger partial charge in [-0.1, -0.05) is 12.8 Å². The summed E-state index contributed by atoms with van der Waals surface area (Å²) < 4.78 is 0. The molecule has 0 bridgehead atoms. The Labute approximate surface area is 92.0 Å². The van der Waals surface area contributed by atoms with E-state index in [1.54, 1.807) is 0 Å². The molecule has 1 aliphatic heterocycles. The standard InChI is InChI=1S/C12H22N2O/c13-8-10-4-1-2-7-14(9-10)12(15)11-5-3-6-11/h10-11H,1-9,13H2. The molecule has 1 aliphatic carbocycles. The lowest BCUT2D eigenvalue weighted by molar-refractivity contribution is -0.138. The highest BCUT2D eigenvalue weighted by Crippen LogP contribution is 2.29. The minimum atomic E-state index is 0.349. The Morgan fingerprint density at radius 3 is 2.60 bits per heavy atom. The Bertz CT molecular complexity index is 226. The SMILES string of the molecule is NCC1CCCCN(C(=O)C2CCC2)C1. The third-order valence-electron chi connectivity index (χ3n) is 3.87. The monoisotopic (exact) mass is 210 g/mol. The molecule has 3 heteroatoms. The van der Waals surface area contributed by atoms with Crippen molar-refractivity contribution in [1.82, 2.24) is 4.90 Å². The van der Waals surface area contributed by atoms with Gasteiger partial charge in [0.1, 0.15) is 0 Å². The van der Waals surface area contributed by atoms with E-state index < -0.39 is 0 Å². The number of rotatable bonds is 2. The minimum absolute atomic E-state index is 0.349. The highest BCUT2D eigenvalue weighted by atomic mass is 16.2. The third kappa shape index (κ3) is 2.51. The second-order valence-electron chi connectivity index (χ2n) is 5.01. The molecule has 0 aromatic carbocycles. The first-order chi connectivity index (χ1) is 7.31. The molecule has 15 heavy (non-hydrogen) atoms. The van der Waals surface area contributed by atoms with Gasteiger partial charge in [-0.2, -0.15) is 0 Å². The second kappa shape index (κ2) is 4.97. The lowest BCUT2D eigenvalue weighted by Gasteiger charge is -2.32. The molecule has 1 amide bonds. The highest BCUT2D eigenvalue weighted by molar-refractivity contribution is 5.79. The maximum atomic E-state index is 12.1. The fourth-order valence-electron chi connectivity index (χ4n) is 2.54. The number of hydrogen-bond acceptors (Lipinski definition) is 2. The van der Waals surface area contributed by atoms with Gasteiger partial charge in [0.05, 0.1) is 0 Å². The number of likely N-dealkylation sites (tertiary alicyclic amines) is 1. The Morgan fingerprint density at radius 1 is 1.20 bits per heavy atom. The van der Waals surface area contributed by atoms with E-state index in [1.807, 2.05) is 0 Å². The van der Waals surface area contributed by atoms with Gasteiger partial charge in [0.15, 0.2) is 0 Å². The molecule has 1 unspecified atom stereocenters. The van der Waals surface area contributed by atoms with E-state index in [0.717, 1.165) is 38.9 Å². The van der Waals surface area contributed by atoms with Crippen molar-refractivity contribution in [2.45, 2.75) is 38.5 Å². The summed E-state index contributed by atoms with van der Waals surface area (Å²) in [5.74, 6) is 1.29. The molecule has 1 saturated heterocycles. The van der Waals surface area contributed by atoms with Crippen LogP contribution in [-0.2, 0) is 4.79 Å². The molecule has 0 aromatic heterocycles. The first-order valence-electron chi connectivity index (χ1n) is 6.30. The maximum Gasteiger partial charge on any atom is 0.225 e. The zero-order chi connectivity index (χ0) is 10.7. The Morgan fingerprint density at radius 2 is 2.00 bits per heavy atom. The van der Waals surface area contributed by atoms with Crippen molar-refractivity contribution in [3.63, 3.8) is 0 Å². The lowest BCUT2D eigenvalue weighted by Crippen LogP contribution is -2.42. The van der Waals surface area contributed by atoms with Crippen LogP contribution < -0.4 is 5.73 Å². The van der Waals surface area contributed by atoms with Crippen LogP contribution in [0, 0.1) is 11.8 Å². The van der Waals surface area contributed by atoms with Crippen molar-refractivity contribution in [3.8, 4) is 0 Å². The number of nitrogens with zero attached hydrogens (tertiary/aromatic N) is 1. The van der Waals surface area contributed by atoms with E-state index in [0.29, 0.717) is 17.7 Å². The van der Waals surface area contributed by atoms with E-state index >= 15 is 0 Å². The van der Waals surface area contributed by atoms with Gasteiger partial charge in [0.25, 0.3) is 0 Å². The normalized spacial score (nSPS) is 28.3. The third-order valence-corrected chi connectivity index (χ3v) is 3.87. The van der Waals surface area contributed by atoms with E-state index in [4.69, 9.17) is 5.73 Å². The summed E-state index contributed by atoms with van der Waals surface area (Å²) in [6.07, 6.45) is 7.06. The average molecular weight is 210 g/mol. The van der Waals surface area contributed by atoms with E-state index in [1.165, 1.54) is 19.3 Å². The molecule has 0 aromatic rings. The van der Waals surface area contributed by atoms with Crippen molar-refractivity contribution in [2.75, 3.05) is 19.6 Å². The predicted octanol–water partition coefficient (Wildman–Crippen LogP) is 1.37. The predicted molar refractivity (Wildman–Crippen MR) is 60.3 cm³/mol. The molecule has 2 N–H and O–H groups in total. The van der Waals surface area contributed by atoms with Gasteiger partial charge < -0.3 is 10.6 Å². The van der Waals surface area contributed by atoms with Crippen LogP contribution in [0.1, 0.15) is 38.5 Å². The largest absolute Gasteiger partial charge is 0.342 e. The molecule has 86 valence electrons. The minimum Gasteiger partial charge on any atom is -0.342 e. The van der Waals surface area contributed by atoms with Gasteiger partial charge in [0.2, 0.25) is 5.91 Å². The summed E-state index contributed by atoms with van der Waals surface area (Å²) in [5.41, 5.74) is 5.72. The van der Waals surface area contributed by atoms with Gasteiger partial charge in [-0.25, -0.2) is 0 Å². The van der Waals surface area contributed by atoms with Crippen LogP contribution in [0.5, 0.6) is 0 Å². The smallest absolute Gasteiger partial charge is 0.225 e. The average Bonchev–Trinajstić information content (AvgIpc) is 2.39. The van der Waals surface area contributed by atoms with Crippen molar-refractivity contribution >= 4 is 5.91 Å². The number of nitrogens with two attached hydrogens (primary N) is 1. The molecule has 0 radical (unpaired) electrons. The number of carbonyl (C=O) groups excluding carboxylic acids is 1. The Balaban J connectivity index is 1.90. The molecule has 2 rings (SSSR count). The zero-order valence-corrected chi connectivity index (χ0v) is 9.45. The highest BCUT2D eigenvalue weighted by Gasteiger charge is 2.30. The van der Waals surface area contributed by atoms with Gasteiger partial charge in [0, 0.05) is 19.0 Å². The molecule has 1 atom stereocenters. The number of amides is 1. The van der Waals surface area contributed by atoms with Crippen LogP contribution in [0.15, 0.2) is 0 Å². The Hall–Kier alpha value is -0.570. The van der Waals surface area contributed by atoms with Crippen molar-refractivity contribution < 1.29 is 4.79 Å². The Kier molecular flexibility index (Phi) is 3.62. The van der Waals surface area contributed by atoms with E-state index in [9.17, 15) is 4.79 Å².